The smallest absolute Gasteiger partial charge is 0.161 e. The van der Waals surface area contributed by atoms with Gasteiger partial charge in [0.15, 0.2) is 11.5 Å². The van der Waals surface area contributed by atoms with Gasteiger partial charge in [-0.05, 0) is 48.4 Å². The average molecular weight is 288 g/mol. The highest BCUT2D eigenvalue weighted by Crippen LogP contribution is 2.29. The number of halogens is 1. The van der Waals surface area contributed by atoms with E-state index in [1.807, 2.05) is 6.92 Å². The van der Waals surface area contributed by atoms with Crippen LogP contribution >= 0.6 is 0 Å². The van der Waals surface area contributed by atoms with Crippen LogP contribution in [0.4, 0.5) is 4.39 Å². The van der Waals surface area contributed by atoms with E-state index in [1.54, 1.807) is 24.3 Å². The summed E-state index contributed by atoms with van der Waals surface area (Å²) >= 11 is 0. The number of amidine groups is 1. The number of hydrogen-bond acceptors (Lipinski definition) is 3. The zero-order valence-electron chi connectivity index (χ0n) is 11.9. The monoisotopic (exact) mass is 288 g/mol. The Morgan fingerprint density at radius 2 is 1.95 bits per heavy atom. The number of hydrogen-bond donors (Lipinski definition) is 2. The SMILES string of the molecule is COc1cc(C(=N)N)ccc1OCc1ccc(F)cc1C. The van der Waals surface area contributed by atoms with Crippen molar-refractivity contribution < 1.29 is 13.9 Å². The van der Waals surface area contributed by atoms with Gasteiger partial charge in [-0.1, -0.05) is 6.07 Å². The summed E-state index contributed by atoms with van der Waals surface area (Å²) in [5.41, 5.74) is 7.73. The standard InChI is InChI=1S/C16H17FN2O2/c1-10-7-13(17)5-3-12(10)9-21-14-6-4-11(16(18)19)8-15(14)20-2/h3-8H,9H2,1-2H3,(H3,18,19). The van der Waals surface area contributed by atoms with Crippen LogP contribution in [0, 0.1) is 18.2 Å². The van der Waals surface area contributed by atoms with E-state index in [1.165, 1.54) is 19.2 Å². The second-order valence-electron chi connectivity index (χ2n) is 4.64. The molecule has 110 valence electrons. The van der Waals surface area contributed by atoms with E-state index < -0.39 is 0 Å². The fourth-order valence-corrected chi connectivity index (χ4v) is 1.93. The third-order valence-corrected chi connectivity index (χ3v) is 3.16. The van der Waals surface area contributed by atoms with E-state index in [2.05, 4.69) is 0 Å². The molecule has 2 rings (SSSR count). The predicted octanol–water partition coefficient (Wildman–Crippen LogP) is 3.01. The fraction of sp³-hybridized carbons (Fsp3) is 0.188. The van der Waals surface area contributed by atoms with Gasteiger partial charge in [0.2, 0.25) is 0 Å². The lowest BCUT2D eigenvalue weighted by Crippen LogP contribution is -2.11. The number of methoxy groups -OCH3 is 1. The number of nitrogen functional groups attached to an aromatic ring is 1. The maximum absolute atomic E-state index is 13.1. The number of ether oxygens (including phenoxy) is 2. The molecule has 0 bridgehead atoms. The lowest BCUT2D eigenvalue weighted by Gasteiger charge is -2.13. The van der Waals surface area contributed by atoms with Crippen LogP contribution in [0.1, 0.15) is 16.7 Å². The minimum absolute atomic E-state index is 0.0331. The van der Waals surface area contributed by atoms with E-state index >= 15 is 0 Å². The molecule has 2 aromatic rings. The largest absolute Gasteiger partial charge is 0.493 e. The van der Waals surface area contributed by atoms with Crippen LogP contribution in [0.5, 0.6) is 11.5 Å². The van der Waals surface area contributed by atoms with Crippen LogP contribution in [0.25, 0.3) is 0 Å². The third kappa shape index (κ3) is 3.51. The summed E-state index contributed by atoms with van der Waals surface area (Å²) in [5, 5.41) is 7.41. The highest BCUT2D eigenvalue weighted by Gasteiger charge is 2.08. The van der Waals surface area contributed by atoms with Crippen LogP contribution in [0.2, 0.25) is 0 Å². The summed E-state index contributed by atoms with van der Waals surface area (Å²) in [5.74, 6) is 0.752. The summed E-state index contributed by atoms with van der Waals surface area (Å²) in [4.78, 5) is 0. The molecule has 0 heterocycles. The Labute approximate surface area is 122 Å². The molecule has 5 heteroatoms. The molecule has 0 spiro atoms. The van der Waals surface area contributed by atoms with Crippen molar-refractivity contribution in [1.82, 2.24) is 0 Å². The normalized spacial score (nSPS) is 10.2. The fourth-order valence-electron chi connectivity index (χ4n) is 1.93. The lowest BCUT2D eigenvalue weighted by atomic mass is 10.1. The van der Waals surface area contributed by atoms with Crippen molar-refractivity contribution in [3.05, 3.63) is 58.9 Å². The van der Waals surface area contributed by atoms with Gasteiger partial charge in [0.05, 0.1) is 7.11 Å². The molecular weight excluding hydrogens is 271 g/mol. The van der Waals surface area contributed by atoms with E-state index in [0.29, 0.717) is 23.7 Å². The molecule has 0 aliphatic heterocycles. The summed E-state index contributed by atoms with van der Waals surface area (Å²) in [7, 11) is 1.52. The molecule has 0 saturated heterocycles. The molecule has 0 aromatic heterocycles. The van der Waals surface area contributed by atoms with E-state index in [0.717, 1.165) is 11.1 Å². The summed E-state index contributed by atoms with van der Waals surface area (Å²) < 4.78 is 24.0. The molecule has 2 aromatic carbocycles. The van der Waals surface area contributed by atoms with Crippen molar-refractivity contribution in [2.24, 2.45) is 5.73 Å². The molecule has 4 nitrogen and oxygen atoms in total. The lowest BCUT2D eigenvalue weighted by molar-refractivity contribution is 0.283. The second kappa shape index (κ2) is 6.26. The quantitative estimate of drug-likeness (QED) is 0.656. The highest BCUT2D eigenvalue weighted by molar-refractivity contribution is 5.95. The number of nitrogens with one attached hydrogen (secondary N) is 1. The molecule has 0 radical (unpaired) electrons. The van der Waals surface area contributed by atoms with Crippen molar-refractivity contribution >= 4 is 5.84 Å². The van der Waals surface area contributed by atoms with Crippen LogP contribution in [0.3, 0.4) is 0 Å². The average Bonchev–Trinajstić information content (AvgIpc) is 2.46. The maximum atomic E-state index is 13.1. The Hall–Kier alpha value is -2.56. The predicted molar refractivity (Wildman–Crippen MR) is 79.5 cm³/mol. The molecule has 0 aliphatic carbocycles. The van der Waals surface area contributed by atoms with E-state index in [-0.39, 0.29) is 11.7 Å². The molecule has 3 N–H and O–H groups in total. The minimum atomic E-state index is -0.264. The van der Waals surface area contributed by atoms with Crippen LogP contribution < -0.4 is 15.2 Å². The minimum Gasteiger partial charge on any atom is -0.493 e. The summed E-state index contributed by atoms with van der Waals surface area (Å²) in [6, 6.07) is 9.61. The van der Waals surface area contributed by atoms with Gasteiger partial charge in [-0.15, -0.1) is 0 Å². The first-order valence-corrected chi connectivity index (χ1v) is 6.41. The Kier molecular flexibility index (Phi) is 4.42. The van der Waals surface area contributed by atoms with E-state index in [9.17, 15) is 4.39 Å². The molecule has 0 saturated carbocycles. The molecule has 0 atom stereocenters. The Morgan fingerprint density at radius 3 is 2.57 bits per heavy atom. The number of benzene rings is 2. The molecular formula is C16H17FN2O2. The van der Waals surface area contributed by atoms with Crippen LogP contribution in [-0.2, 0) is 6.61 Å². The van der Waals surface area contributed by atoms with Gasteiger partial charge in [-0.3, -0.25) is 5.41 Å². The van der Waals surface area contributed by atoms with Crippen molar-refractivity contribution in [2.45, 2.75) is 13.5 Å². The van der Waals surface area contributed by atoms with Crippen molar-refractivity contribution in [2.75, 3.05) is 7.11 Å². The topological polar surface area (TPSA) is 68.3 Å². The Morgan fingerprint density at radius 1 is 1.19 bits per heavy atom. The van der Waals surface area contributed by atoms with Gasteiger partial charge >= 0.3 is 0 Å². The summed E-state index contributed by atoms with van der Waals surface area (Å²) in [6.45, 7) is 2.14. The molecule has 0 fully saturated rings. The Bertz CT molecular complexity index is 671. The van der Waals surface area contributed by atoms with Gasteiger partial charge in [0, 0.05) is 5.56 Å². The number of rotatable bonds is 5. The molecule has 0 unspecified atom stereocenters. The summed E-state index contributed by atoms with van der Waals surface area (Å²) in [6.07, 6.45) is 0. The van der Waals surface area contributed by atoms with Gasteiger partial charge < -0.3 is 15.2 Å². The van der Waals surface area contributed by atoms with Gasteiger partial charge in [-0.2, -0.15) is 0 Å². The van der Waals surface area contributed by atoms with Crippen molar-refractivity contribution in [3.63, 3.8) is 0 Å². The molecule has 21 heavy (non-hydrogen) atoms. The first-order valence-electron chi connectivity index (χ1n) is 6.41. The zero-order chi connectivity index (χ0) is 15.4. The first kappa shape index (κ1) is 14.8. The van der Waals surface area contributed by atoms with Gasteiger partial charge in [0.25, 0.3) is 0 Å². The number of aryl methyl sites for hydroxylation is 1. The van der Waals surface area contributed by atoms with Crippen molar-refractivity contribution in [3.8, 4) is 11.5 Å². The number of nitrogens with two attached hydrogens (primary N) is 1. The van der Waals surface area contributed by atoms with Gasteiger partial charge in [0.1, 0.15) is 18.3 Å². The van der Waals surface area contributed by atoms with Gasteiger partial charge in [-0.25, -0.2) is 4.39 Å². The van der Waals surface area contributed by atoms with Crippen molar-refractivity contribution in [1.29, 1.82) is 5.41 Å². The third-order valence-electron chi connectivity index (χ3n) is 3.16. The van der Waals surface area contributed by atoms with Crippen LogP contribution in [0.15, 0.2) is 36.4 Å². The first-order chi connectivity index (χ1) is 10.0. The molecule has 0 aliphatic rings. The van der Waals surface area contributed by atoms with E-state index in [4.69, 9.17) is 20.6 Å². The second-order valence-corrected chi connectivity index (χ2v) is 4.64. The zero-order valence-corrected chi connectivity index (χ0v) is 11.9. The Balaban J connectivity index is 2.17. The molecule has 0 amide bonds. The maximum Gasteiger partial charge on any atom is 0.161 e. The highest BCUT2D eigenvalue weighted by atomic mass is 19.1. The van der Waals surface area contributed by atoms with Crippen LogP contribution in [-0.4, -0.2) is 12.9 Å².